The summed E-state index contributed by atoms with van der Waals surface area (Å²) in [5.41, 5.74) is 0.316. The van der Waals surface area contributed by atoms with Gasteiger partial charge in [0, 0.05) is 6.20 Å². The zero-order valence-corrected chi connectivity index (χ0v) is 11.8. The van der Waals surface area contributed by atoms with Gasteiger partial charge in [-0.3, -0.25) is 4.79 Å². The number of rotatable bonds is 4. The van der Waals surface area contributed by atoms with Gasteiger partial charge in [-0.05, 0) is 30.9 Å². The van der Waals surface area contributed by atoms with Crippen LogP contribution in [-0.4, -0.2) is 28.0 Å². The Bertz CT molecular complexity index is 484. The molecule has 2 rings (SSSR count). The minimum absolute atomic E-state index is 0.00505. The molecule has 1 aromatic rings. The van der Waals surface area contributed by atoms with Gasteiger partial charge >= 0.3 is 5.97 Å². The van der Waals surface area contributed by atoms with Crippen molar-refractivity contribution in [1.82, 2.24) is 10.3 Å². The maximum absolute atomic E-state index is 12.1. The number of aliphatic carboxylic acids is 1. The second kappa shape index (κ2) is 6.70. The minimum atomic E-state index is -0.979. The first-order valence-corrected chi connectivity index (χ1v) is 7.11. The molecule has 1 heterocycles. The number of carboxylic acids is 1. The molecule has 1 aromatic heterocycles. The fourth-order valence-corrected chi connectivity index (χ4v) is 2.70. The van der Waals surface area contributed by atoms with Crippen molar-refractivity contribution in [1.29, 1.82) is 0 Å². The lowest BCUT2D eigenvalue weighted by atomic mass is 9.84. The number of halogens is 1. The van der Waals surface area contributed by atoms with E-state index in [4.69, 9.17) is 11.6 Å². The van der Waals surface area contributed by atoms with Crippen LogP contribution in [0.5, 0.6) is 0 Å². The average Bonchev–Trinajstić information content (AvgIpc) is 2.46. The van der Waals surface area contributed by atoms with Gasteiger partial charge in [0.15, 0.2) is 0 Å². The van der Waals surface area contributed by atoms with Gasteiger partial charge < -0.3 is 10.4 Å². The standard InChI is InChI=1S/C14H17ClN2O3/c15-11-7-6-10(8-16-11)13(18)17-12(14(19)20)9-4-2-1-3-5-9/h6-9,12H,1-5H2,(H,17,18)(H,19,20). The zero-order valence-electron chi connectivity index (χ0n) is 11.0. The topological polar surface area (TPSA) is 79.3 Å². The predicted molar refractivity (Wildman–Crippen MR) is 74.7 cm³/mol. The van der Waals surface area contributed by atoms with E-state index >= 15 is 0 Å². The highest BCUT2D eigenvalue weighted by Crippen LogP contribution is 2.26. The molecule has 20 heavy (non-hydrogen) atoms. The Morgan fingerprint density at radius 3 is 2.55 bits per heavy atom. The zero-order chi connectivity index (χ0) is 14.5. The Balaban J connectivity index is 2.05. The number of carbonyl (C=O) groups excluding carboxylic acids is 1. The Labute approximate surface area is 122 Å². The highest BCUT2D eigenvalue weighted by atomic mass is 35.5. The third-order valence-electron chi connectivity index (χ3n) is 3.66. The first-order chi connectivity index (χ1) is 9.58. The summed E-state index contributed by atoms with van der Waals surface area (Å²) in [6.07, 6.45) is 6.21. The molecule has 1 unspecified atom stereocenters. The predicted octanol–water partition coefficient (Wildman–Crippen LogP) is 2.50. The van der Waals surface area contributed by atoms with Crippen molar-refractivity contribution in [3.8, 4) is 0 Å². The van der Waals surface area contributed by atoms with Gasteiger partial charge in [-0.2, -0.15) is 0 Å². The largest absolute Gasteiger partial charge is 0.480 e. The molecular weight excluding hydrogens is 280 g/mol. The maximum Gasteiger partial charge on any atom is 0.326 e. The summed E-state index contributed by atoms with van der Waals surface area (Å²) < 4.78 is 0. The lowest BCUT2D eigenvalue weighted by Gasteiger charge is -2.28. The van der Waals surface area contributed by atoms with Crippen molar-refractivity contribution in [3.63, 3.8) is 0 Å². The smallest absolute Gasteiger partial charge is 0.326 e. The highest BCUT2D eigenvalue weighted by Gasteiger charge is 2.30. The van der Waals surface area contributed by atoms with Crippen LogP contribution in [0.1, 0.15) is 42.5 Å². The second-order valence-electron chi connectivity index (χ2n) is 5.06. The number of nitrogens with one attached hydrogen (secondary N) is 1. The van der Waals surface area contributed by atoms with E-state index in [0.29, 0.717) is 10.7 Å². The van der Waals surface area contributed by atoms with E-state index in [1.54, 1.807) is 0 Å². The summed E-state index contributed by atoms with van der Waals surface area (Å²) in [5.74, 6) is -1.40. The fraction of sp³-hybridized carbons (Fsp3) is 0.500. The molecule has 1 aliphatic carbocycles. The molecule has 1 fully saturated rings. The number of hydrogen-bond acceptors (Lipinski definition) is 3. The Morgan fingerprint density at radius 1 is 1.30 bits per heavy atom. The van der Waals surface area contributed by atoms with Crippen molar-refractivity contribution in [2.45, 2.75) is 38.1 Å². The van der Waals surface area contributed by atoms with Gasteiger partial charge in [0.1, 0.15) is 11.2 Å². The van der Waals surface area contributed by atoms with Crippen molar-refractivity contribution in [3.05, 3.63) is 29.0 Å². The molecule has 108 valence electrons. The molecule has 0 radical (unpaired) electrons. The number of amides is 1. The average molecular weight is 297 g/mol. The molecule has 1 saturated carbocycles. The SMILES string of the molecule is O=C(NC(C(=O)O)C1CCCCC1)c1ccc(Cl)nc1. The lowest BCUT2D eigenvalue weighted by molar-refractivity contribution is -0.141. The van der Waals surface area contributed by atoms with Gasteiger partial charge in [0.05, 0.1) is 5.56 Å². The fourth-order valence-electron chi connectivity index (χ4n) is 2.58. The number of pyridine rings is 1. The summed E-state index contributed by atoms with van der Waals surface area (Å²) >= 11 is 5.66. The van der Waals surface area contributed by atoms with Crippen LogP contribution in [0.3, 0.4) is 0 Å². The molecule has 2 N–H and O–H groups in total. The van der Waals surface area contributed by atoms with Crippen molar-refractivity contribution >= 4 is 23.5 Å². The van der Waals surface area contributed by atoms with Crippen LogP contribution < -0.4 is 5.32 Å². The van der Waals surface area contributed by atoms with Crippen LogP contribution in [0.25, 0.3) is 0 Å². The molecule has 0 spiro atoms. The molecule has 1 aliphatic rings. The van der Waals surface area contributed by atoms with Crippen LogP contribution in [0.2, 0.25) is 5.15 Å². The van der Waals surface area contributed by atoms with E-state index in [1.165, 1.54) is 18.3 Å². The number of nitrogens with zero attached hydrogens (tertiary/aromatic N) is 1. The first kappa shape index (κ1) is 14.8. The van der Waals surface area contributed by atoms with E-state index in [2.05, 4.69) is 10.3 Å². The summed E-state index contributed by atoms with van der Waals surface area (Å²) in [6, 6.07) is 2.20. The lowest BCUT2D eigenvalue weighted by Crippen LogP contribution is -2.46. The summed E-state index contributed by atoms with van der Waals surface area (Å²) in [7, 11) is 0. The summed E-state index contributed by atoms with van der Waals surface area (Å²) in [5, 5.41) is 12.2. The van der Waals surface area contributed by atoms with Gasteiger partial charge in [-0.1, -0.05) is 30.9 Å². The van der Waals surface area contributed by atoms with Gasteiger partial charge in [0.2, 0.25) is 0 Å². The maximum atomic E-state index is 12.1. The molecule has 0 aliphatic heterocycles. The van der Waals surface area contributed by atoms with Gasteiger partial charge in [-0.15, -0.1) is 0 Å². The van der Waals surface area contributed by atoms with Crippen LogP contribution >= 0.6 is 11.6 Å². The number of carbonyl (C=O) groups is 2. The van der Waals surface area contributed by atoms with Crippen molar-refractivity contribution < 1.29 is 14.7 Å². The molecule has 0 bridgehead atoms. The van der Waals surface area contributed by atoms with E-state index in [0.717, 1.165) is 32.1 Å². The summed E-state index contributed by atoms with van der Waals surface area (Å²) in [6.45, 7) is 0. The van der Waals surface area contributed by atoms with Crippen molar-refractivity contribution in [2.24, 2.45) is 5.92 Å². The first-order valence-electron chi connectivity index (χ1n) is 6.73. The van der Waals surface area contributed by atoms with Crippen LogP contribution in [0.4, 0.5) is 0 Å². The summed E-state index contributed by atoms with van der Waals surface area (Å²) in [4.78, 5) is 27.2. The van der Waals surface area contributed by atoms with Crippen LogP contribution in [0, 0.1) is 5.92 Å². The quantitative estimate of drug-likeness (QED) is 0.837. The Kier molecular flexibility index (Phi) is 4.95. The Morgan fingerprint density at radius 2 is 2.00 bits per heavy atom. The molecule has 0 saturated heterocycles. The third kappa shape index (κ3) is 3.70. The van der Waals surface area contributed by atoms with Gasteiger partial charge in [-0.25, -0.2) is 9.78 Å². The number of hydrogen-bond donors (Lipinski definition) is 2. The molecule has 1 amide bonds. The van der Waals surface area contributed by atoms with Gasteiger partial charge in [0.25, 0.3) is 5.91 Å². The monoisotopic (exact) mass is 296 g/mol. The van der Waals surface area contributed by atoms with Crippen LogP contribution in [0.15, 0.2) is 18.3 Å². The Hall–Kier alpha value is -1.62. The number of aromatic nitrogens is 1. The van der Waals surface area contributed by atoms with E-state index in [-0.39, 0.29) is 5.92 Å². The van der Waals surface area contributed by atoms with Crippen molar-refractivity contribution in [2.75, 3.05) is 0 Å². The molecule has 5 nitrogen and oxygen atoms in total. The normalized spacial score (nSPS) is 17.4. The second-order valence-corrected chi connectivity index (χ2v) is 5.44. The van der Waals surface area contributed by atoms with Crippen LogP contribution in [-0.2, 0) is 4.79 Å². The van der Waals surface area contributed by atoms with E-state index in [1.807, 2.05) is 0 Å². The molecule has 6 heteroatoms. The van der Waals surface area contributed by atoms with E-state index < -0.39 is 17.9 Å². The molecular formula is C14H17ClN2O3. The molecule has 0 aromatic carbocycles. The highest BCUT2D eigenvalue weighted by molar-refractivity contribution is 6.29. The minimum Gasteiger partial charge on any atom is -0.480 e. The third-order valence-corrected chi connectivity index (χ3v) is 3.89. The van der Waals surface area contributed by atoms with E-state index in [9.17, 15) is 14.7 Å². The number of carboxylic acid groups (broad SMARTS) is 1. The molecule has 1 atom stereocenters.